The van der Waals surface area contributed by atoms with Gasteiger partial charge >= 0.3 is 12.0 Å². The van der Waals surface area contributed by atoms with Gasteiger partial charge in [0.2, 0.25) is 0 Å². The highest BCUT2D eigenvalue weighted by Crippen LogP contribution is 2.30. The van der Waals surface area contributed by atoms with Crippen LogP contribution in [0.4, 0.5) is 4.79 Å². The second-order valence-electron chi connectivity index (χ2n) is 4.69. The monoisotopic (exact) mass is 242 g/mol. The Bertz CT molecular complexity index is 382. The Balaban J connectivity index is 3.20. The molecular formula is C11H18N2O4. The Morgan fingerprint density at radius 2 is 2.00 bits per heavy atom. The number of imide groups is 1. The van der Waals surface area contributed by atoms with Gasteiger partial charge in [0.25, 0.3) is 5.91 Å². The van der Waals surface area contributed by atoms with Gasteiger partial charge in [0.1, 0.15) is 11.1 Å². The molecule has 1 heterocycles. The molecule has 1 rings (SSSR count). The van der Waals surface area contributed by atoms with Crippen LogP contribution < -0.4 is 5.32 Å². The van der Waals surface area contributed by atoms with Crippen LogP contribution in [0, 0.1) is 0 Å². The average Bonchev–Trinajstić information content (AvgIpc) is 2.50. The number of amides is 3. The molecule has 0 radical (unpaired) electrons. The maximum absolute atomic E-state index is 12.2. The molecule has 0 spiro atoms. The van der Waals surface area contributed by atoms with Crippen molar-refractivity contribution in [3.05, 3.63) is 0 Å². The predicted octanol–water partition coefficient (Wildman–Crippen LogP) is 0.960. The van der Waals surface area contributed by atoms with Crippen molar-refractivity contribution in [2.24, 2.45) is 0 Å². The number of urea groups is 1. The Morgan fingerprint density at radius 3 is 2.29 bits per heavy atom. The molecule has 3 amide bonds. The fourth-order valence-electron chi connectivity index (χ4n) is 1.78. The molecule has 0 aromatic heterocycles. The number of nitrogens with zero attached hydrogens (tertiary/aromatic N) is 1. The van der Waals surface area contributed by atoms with Crippen molar-refractivity contribution in [3.63, 3.8) is 0 Å². The van der Waals surface area contributed by atoms with Gasteiger partial charge in [0.05, 0.1) is 0 Å². The number of hydrogen-bond acceptors (Lipinski definition) is 3. The molecule has 1 fully saturated rings. The third-order valence-corrected chi connectivity index (χ3v) is 3.61. The fourth-order valence-corrected chi connectivity index (χ4v) is 1.78. The van der Waals surface area contributed by atoms with Crippen LogP contribution in [0.15, 0.2) is 0 Å². The molecule has 2 atom stereocenters. The van der Waals surface area contributed by atoms with Crippen molar-refractivity contribution in [1.29, 1.82) is 0 Å². The fraction of sp³-hybridized carbons (Fsp3) is 0.727. The molecule has 1 aliphatic heterocycles. The van der Waals surface area contributed by atoms with E-state index in [1.807, 2.05) is 0 Å². The zero-order chi connectivity index (χ0) is 13.4. The molecule has 0 bridgehead atoms. The molecule has 0 aliphatic carbocycles. The lowest BCUT2D eigenvalue weighted by atomic mass is 9.93. The van der Waals surface area contributed by atoms with E-state index in [1.165, 1.54) is 6.92 Å². The van der Waals surface area contributed by atoms with Crippen LogP contribution in [0.5, 0.6) is 0 Å². The molecule has 6 heteroatoms. The zero-order valence-electron chi connectivity index (χ0n) is 10.5. The zero-order valence-corrected chi connectivity index (χ0v) is 10.5. The van der Waals surface area contributed by atoms with E-state index in [4.69, 9.17) is 0 Å². The summed E-state index contributed by atoms with van der Waals surface area (Å²) in [6, 6.07) is -0.633. The van der Waals surface area contributed by atoms with Gasteiger partial charge in [-0.15, -0.1) is 0 Å². The first-order chi connectivity index (χ1) is 7.73. The van der Waals surface area contributed by atoms with Crippen LogP contribution in [0.1, 0.15) is 40.5 Å². The highest BCUT2D eigenvalue weighted by atomic mass is 16.4. The number of nitrogens with one attached hydrogen (secondary N) is 1. The van der Waals surface area contributed by atoms with Gasteiger partial charge in [0, 0.05) is 0 Å². The van der Waals surface area contributed by atoms with Crippen LogP contribution in [0.2, 0.25) is 0 Å². The summed E-state index contributed by atoms with van der Waals surface area (Å²) in [5.41, 5.74) is -2.49. The largest absolute Gasteiger partial charge is 0.479 e. The van der Waals surface area contributed by atoms with Gasteiger partial charge in [-0.3, -0.25) is 4.79 Å². The maximum Gasteiger partial charge on any atom is 0.329 e. The van der Waals surface area contributed by atoms with Gasteiger partial charge in [-0.1, -0.05) is 13.8 Å². The number of carbonyl (C=O) groups excluding carboxylic acids is 2. The molecule has 2 N–H and O–H groups in total. The third-order valence-electron chi connectivity index (χ3n) is 3.61. The highest BCUT2D eigenvalue weighted by molar-refractivity contribution is 6.10. The summed E-state index contributed by atoms with van der Waals surface area (Å²) < 4.78 is 0. The molecule has 1 aliphatic rings. The number of hydrogen-bond donors (Lipinski definition) is 2. The first-order valence-electron chi connectivity index (χ1n) is 5.63. The van der Waals surface area contributed by atoms with E-state index in [1.54, 1.807) is 20.8 Å². The average molecular weight is 242 g/mol. The maximum atomic E-state index is 12.2. The quantitative estimate of drug-likeness (QED) is 0.719. The van der Waals surface area contributed by atoms with Crippen molar-refractivity contribution in [3.8, 4) is 0 Å². The highest BCUT2D eigenvalue weighted by Gasteiger charge is 2.55. The Hall–Kier alpha value is -1.59. The van der Waals surface area contributed by atoms with Crippen LogP contribution in [0.25, 0.3) is 0 Å². The number of carbonyl (C=O) groups is 3. The molecule has 1 saturated heterocycles. The predicted molar refractivity (Wildman–Crippen MR) is 60.4 cm³/mol. The summed E-state index contributed by atoms with van der Waals surface area (Å²) in [5.74, 6) is -1.65. The minimum atomic E-state index is -1.49. The molecule has 0 aromatic rings. The Labute approximate surface area is 100.0 Å². The molecule has 17 heavy (non-hydrogen) atoms. The smallest absolute Gasteiger partial charge is 0.329 e. The van der Waals surface area contributed by atoms with Crippen LogP contribution in [-0.4, -0.2) is 39.0 Å². The van der Waals surface area contributed by atoms with Gasteiger partial charge < -0.3 is 10.4 Å². The van der Waals surface area contributed by atoms with E-state index in [0.717, 1.165) is 4.90 Å². The molecule has 96 valence electrons. The van der Waals surface area contributed by atoms with Crippen LogP contribution in [-0.2, 0) is 9.59 Å². The normalized spacial score (nSPS) is 27.9. The summed E-state index contributed by atoms with van der Waals surface area (Å²) in [4.78, 5) is 36.0. The third kappa shape index (κ3) is 1.77. The molecule has 0 aromatic carbocycles. The molecule has 2 unspecified atom stereocenters. The number of carboxylic acid groups (broad SMARTS) is 1. The van der Waals surface area contributed by atoms with Crippen molar-refractivity contribution >= 4 is 17.9 Å². The minimum absolute atomic E-state index is 0.168. The molecular weight excluding hydrogens is 224 g/mol. The second kappa shape index (κ2) is 4.01. The molecule has 0 saturated carbocycles. The second-order valence-corrected chi connectivity index (χ2v) is 4.69. The van der Waals surface area contributed by atoms with Crippen LogP contribution in [0.3, 0.4) is 0 Å². The SMILES string of the molecule is CCC1(C)NC(=O)N(C(C)(CC)C(=O)O)C1=O. The van der Waals surface area contributed by atoms with Crippen molar-refractivity contribution in [2.75, 3.05) is 0 Å². The van der Waals surface area contributed by atoms with Crippen molar-refractivity contribution in [1.82, 2.24) is 10.2 Å². The standard InChI is InChI=1S/C11H18N2O4/c1-5-10(3)7(14)13(9(17)12-10)11(4,6-2)8(15)16/h5-6H2,1-4H3,(H,12,17)(H,15,16). The van der Waals surface area contributed by atoms with E-state index in [-0.39, 0.29) is 6.42 Å². The first-order valence-corrected chi connectivity index (χ1v) is 5.63. The van der Waals surface area contributed by atoms with E-state index in [9.17, 15) is 19.5 Å². The Morgan fingerprint density at radius 1 is 1.47 bits per heavy atom. The first kappa shape index (κ1) is 13.5. The molecule has 6 nitrogen and oxygen atoms in total. The van der Waals surface area contributed by atoms with Crippen LogP contribution >= 0.6 is 0 Å². The topological polar surface area (TPSA) is 86.7 Å². The van der Waals surface area contributed by atoms with E-state index < -0.39 is 29.0 Å². The van der Waals surface area contributed by atoms with Crippen molar-refractivity contribution in [2.45, 2.75) is 51.6 Å². The Kier molecular flexibility index (Phi) is 3.18. The van der Waals surface area contributed by atoms with E-state index in [0.29, 0.717) is 6.42 Å². The summed E-state index contributed by atoms with van der Waals surface area (Å²) in [6.07, 6.45) is 0.592. The number of carboxylic acids is 1. The lowest BCUT2D eigenvalue weighted by Gasteiger charge is -2.32. The van der Waals surface area contributed by atoms with E-state index >= 15 is 0 Å². The van der Waals surface area contributed by atoms with Gasteiger partial charge in [0.15, 0.2) is 0 Å². The summed E-state index contributed by atoms with van der Waals surface area (Å²) in [5, 5.41) is 11.7. The number of rotatable bonds is 4. The summed E-state index contributed by atoms with van der Waals surface area (Å²) in [6.45, 7) is 6.39. The number of aliphatic carboxylic acids is 1. The lowest BCUT2D eigenvalue weighted by Crippen LogP contribution is -2.56. The van der Waals surface area contributed by atoms with E-state index in [2.05, 4.69) is 5.32 Å². The lowest BCUT2D eigenvalue weighted by molar-refractivity contribution is -0.154. The minimum Gasteiger partial charge on any atom is -0.479 e. The van der Waals surface area contributed by atoms with Gasteiger partial charge in [-0.2, -0.15) is 0 Å². The van der Waals surface area contributed by atoms with Crippen molar-refractivity contribution < 1.29 is 19.5 Å². The summed E-state index contributed by atoms with van der Waals surface area (Å²) in [7, 11) is 0. The van der Waals surface area contributed by atoms with Gasteiger partial charge in [-0.25, -0.2) is 14.5 Å². The summed E-state index contributed by atoms with van der Waals surface area (Å²) >= 11 is 0. The van der Waals surface area contributed by atoms with Gasteiger partial charge in [-0.05, 0) is 26.7 Å².